The molecule has 1 saturated heterocycles. The van der Waals surface area contributed by atoms with Gasteiger partial charge in [-0.25, -0.2) is 0 Å². The molecule has 0 saturated carbocycles. The standard InChI is InChI=1S/C13H28N2/c1-6-8-13(5,7-2)15-9-11(3)14-12(4)10-15/h11-12,14H,6-10H2,1-5H3/t11-,12+,13?. The highest BCUT2D eigenvalue weighted by Gasteiger charge is 2.33. The fourth-order valence-electron chi connectivity index (χ4n) is 2.86. The maximum Gasteiger partial charge on any atom is 0.0180 e. The van der Waals surface area contributed by atoms with Crippen LogP contribution in [-0.2, 0) is 0 Å². The molecule has 1 fully saturated rings. The second kappa shape index (κ2) is 5.31. The quantitative estimate of drug-likeness (QED) is 0.770. The summed E-state index contributed by atoms with van der Waals surface area (Å²) in [4.78, 5) is 2.70. The molecule has 2 heteroatoms. The third-order valence-corrected chi connectivity index (χ3v) is 3.87. The molecule has 0 aromatic carbocycles. The van der Waals surface area contributed by atoms with Crippen molar-refractivity contribution in [1.29, 1.82) is 0 Å². The summed E-state index contributed by atoms with van der Waals surface area (Å²) in [5.74, 6) is 0. The van der Waals surface area contributed by atoms with E-state index in [-0.39, 0.29) is 0 Å². The van der Waals surface area contributed by atoms with Crippen molar-refractivity contribution in [3.63, 3.8) is 0 Å². The molecular formula is C13H28N2. The Morgan fingerprint density at radius 1 is 1.20 bits per heavy atom. The van der Waals surface area contributed by atoms with Gasteiger partial charge in [-0.05, 0) is 33.6 Å². The molecule has 0 radical (unpaired) electrons. The smallest absolute Gasteiger partial charge is 0.0180 e. The Kier molecular flexibility index (Phi) is 4.60. The Morgan fingerprint density at radius 3 is 2.13 bits per heavy atom. The Bertz CT molecular complexity index is 183. The van der Waals surface area contributed by atoms with Crippen molar-refractivity contribution in [2.75, 3.05) is 13.1 Å². The van der Waals surface area contributed by atoms with E-state index in [4.69, 9.17) is 0 Å². The van der Waals surface area contributed by atoms with Gasteiger partial charge in [0.15, 0.2) is 0 Å². The van der Waals surface area contributed by atoms with Crippen LogP contribution in [0.25, 0.3) is 0 Å². The van der Waals surface area contributed by atoms with Crippen molar-refractivity contribution in [3.05, 3.63) is 0 Å². The monoisotopic (exact) mass is 212 g/mol. The summed E-state index contributed by atoms with van der Waals surface area (Å²) in [5, 5.41) is 3.61. The predicted molar refractivity (Wildman–Crippen MR) is 67.2 cm³/mol. The lowest BCUT2D eigenvalue weighted by molar-refractivity contribution is 0.0449. The van der Waals surface area contributed by atoms with Crippen molar-refractivity contribution in [2.24, 2.45) is 0 Å². The molecule has 1 aliphatic rings. The third kappa shape index (κ3) is 3.18. The molecule has 0 aromatic rings. The molecule has 1 aliphatic heterocycles. The lowest BCUT2D eigenvalue weighted by atomic mass is 9.89. The molecule has 0 amide bonds. The third-order valence-electron chi connectivity index (χ3n) is 3.87. The lowest BCUT2D eigenvalue weighted by Crippen LogP contribution is -2.60. The molecule has 1 unspecified atom stereocenters. The zero-order valence-corrected chi connectivity index (χ0v) is 11.1. The minimum absolute atomic E-state index is 0.416. The minimum Gasteiger partial charge on any atom is -0.309 e. The van der Waals surface area contributed by atoms with Crippen LogP contribution in [0.15, 0.2) is 0 Å². The molecule has 2 nitrogen and oxygen atoms in total. The van der Waals surface area contributed by atoms with E-state index in [0.717, 1.165) is 0 Å². The summed E-state index contributed by atoms with van der Waals surface area (Å²) in [6.07, 6.45) is 3.88. The average molecular weight is 212 g/mol. The van der Waals surface area contributed by atoms with Crippen LogP contribution in [0, 0.1) is 0 Å². The fourth-order valence-corrected chi connectivity index (χ4v) is 2.86. The molecule has 0 spiro atoms. The maximum atomic E-state index is 3.61. The summed E-state index contributed by atoms with van der Waals surface area (Å²) < 4.78 is 0. The van der Waals surface area contributed by atoms with Gasteiger partial charge in [-0.1, -0.05) is 20.3 Å². The maximum absolute atomic E-state index is 3.61. The van der Waals surface area contributed by atoms with E-state index in [1.807, 2.05) is 0 Å². The second-order valence-corrected chi connectivity index (χ2v) is 5.47. The topological polar surface area (TPSA) is 15.3 Å². The highest BCUT2D eigenvalue weighted by molar-refractivity contribution is 4.91. The van der Waals surface area contributed by atoms with Gasteiger partial charge >= 0.3 is 0 Å². The minimum atomic E-state index is 0.416. The molecule has 0 bridgehead atoms. The van der Waals surface area contributed by atoms with Gasteiger partial charge in [0.2, 0.25) is 0 Å². The number of nitrogens with zero attached hydrogens (tertiary/aromatic N) is 1. The van der Waals surface area contributed by atoms with E-state index in [2.05, 4.69) is 44.8 Å². The van der Waals surface area contributed by atoms with Crippen molar-refractivity contribution >= 4 is 0 Å². The summed E-state index contributed by atoms with van der Waals surface area (Å²) in [5.41, 5.74) is 0.416. The number of nitrogens with one attached hydrogen (secondary N) is 1. The molecule has 3 atom stereocenters. The van der Waals surface area contributed by atoms with Crippen molar-refractivity contribution < 1.29 is 0 Å². The molecular weight excluding hydrogens is 184 g/mol. The summed E-state index contributed by atoms with van der Waals surface area (Å²) in [7, 11) is 0. The first-order valence-electron chi connectivity index (χ1n) is 6.53. The van der Waals surface area contributed by atoms with E-state index in [1.54, 1.807) is 0 Å². The zero-order valence-electron chi connectivity index (χ0n) is 11.1. The van der Waals surface area contributed by atoms with Crippen LogP contribution >= 0.6 is 0 Å². The molecule has 1 heterocycles. The van der Waals surface area contributed by atoms with E-state index < -0.39 is 0 Å². The van der Waals surface area contributed by atoms with Crippen LogP contribution < -0.4 is 5.32 Å². The van der Waals surface area contributed by atoms with E-state index in [0.29, 0.717) is 17.6 Å². The Morgan fingerprint density at radius 2 is 1.73 bits per heavy atom. The summed E-state index contributed by atoms with van der Waals surface area (Å²) in [6.45, 7) is 14.1. The molecule has 1 N–H and O–H groups in total. The molecule has 15 heavy (non-hydrogen) atoms. The molecule has 0 aliphatic carbocycles. The second-order valence-electron chi connectivity index (χ2n) is 5.47. The summed E-state index contributed by atoms with van der Waals surface area (Å²) >= 11 is 0. The summed E-state index contributed by atoms with van der Waals surface area (Å²) in [6, 6.07) is 1.27. The Hall–Kier alpha value is -0.0800. The highest BCUT2D eigenvalue weighted by atomic mass is 15.3. The van der Waals surface area contributed by atoms with Gasteiger partial charge in [-0.15, -0.1) is 0 Å². The van der Waals surface area contributed by atoms with E-state index in [1.165, 1.54) is 32.4 Å². The highest BCUT2D eigenvalue weighted by Crippen LogP contribution is 2.27. The van der Waals surface area contributed by atoms with Crippen molar-refractivity contribution in [1.82, 2.24) is 10.2 Å². The van der Waals surface area contributed by atoms with Crippen LogP contribution in [-0.4, -0.2) is 35.6 Å². The fraction of sp³-hybridized carbons (Fsp3) is 1.00. The van der Waals surface area contributed by atoms with Crippen LogP contribution in [0.1, 0.15) is 53.9 Å². The predicted octanol–water partition coefficient (Wildman–Crippen LogP) is 2.64. The van der Waals surface area contributed by atoms with Gasteiger partial charge < -0.3 is 5.32 Å². The van der Waals surface area contributed by atoms with Gasteiger partial charge in [-0.3, -0.25) is 4.90 Å². The Balaban J connectivity index is 2.66. The molecule has 90 valence electrons. The van der Waals surface area contributed by atoms with Crippen LogP contribution in [0.2, 0.25) is 0 Å². The first-order chi connectivity index (χ1) is 7.01. The number of hydrogen-bond donors (Lipinski definition) is 1. The normalized spacial score (nSPS) is 32.6. The number of rotatable bonds is 4. The zero-order chi connectivity index (χ0) is 11.5. The number of hydrogen-bond acceptors (Lipinski definition) is 2. The number of piperazine rings is 1. The van der Waals surface area contributed by atoms with Gasteiger partial charge in [0, 0.05) is 30.7 Å². The van der Waals surface area contributed by atoms with Gasteiger partial charge in [0.1, 0.15) is 0 Å². The van der Waals surface area contributed by atoms with Gasteiger partial charge in [-0.2, -0.15) is 0 Å². The first-order valence-corrected chi connectivity index (χ1v) is 6.53. The Labute approximate surface area is 95.4 Å². The lowest BCUT2D eigenvalue weighted by Gasteiger charge is -2.47. The van der Waals surface area contributed by atoms with Gasteiger partial charge in [0.05, 0.1) is 0 Å². The SMILES string of the molecule is CCCC(C)(CC)N1C[C@@H](C)N[C@@H](C)C1. The van der Waals surface area contributed by atoms with Crippen molar-refractivity contribution in [2.45, 2.75) is 71.5 Å². The van der Waals surface area contributed by atoms with E-state index in [9.17, 15) is 0 Å². The largest absolute Gasteiger partial charge is 0.309 e. The average Bonchev–Trinajstić information content (AvgIpc) is 2.16. The van der Waals surface area contributed by atoms with E-state index >= 15 is 0 Å². The van der Waals surface area contributed by atoms with Crippen molar-refractivity contribution in [3.8, 4) is 0 Å². The first kappa shape index (κ1) is 13.0. The van der Waals surface area contributed by atoms with Crippen LogP contribution in [0.5, 0.6) is 0 Å². The molecule has 1 rings (SSSR count). The van der Waals surface area contributed by atoms with Crippen LogP contribution in [0.4, 0.5) is 0 Å². The molecule has 0 aromatic heterocycles. The van der Waals surface area contributed by atoms with Gasteiger partial charge in [0.25, 0.3) is 0 Å². The van der Waals surface area contributed by atoms with Crippen LogP contribution in [0.3, 0.4) is 0 Å².